The van der Waals surface area contributed by atoms with Gasteiger partial charge in [-0.15, -0.1) is 0 Å². The lowest BCUT2D eigenvalue weighted by Gasteiger charge is -2.08. The van der Waals surface area contributed by atoms with Crippen LogP contribution < -0.4 is 9.47 Å². The summed E-state index contributed by atoms with van der Waals surface area (Å²) < 4.78 is 11.2. The fourth-order valence-electron chi connectivity index (χ4n) is 2.59. The normalized spacial score (nSPS) is 11.8. The van der Waals surface area contributed by atoms with Crippen LogP contribution in [0.5, 0.6) is 11.5 Å². The van der Waals surface area contributed by atoms with E-state index in [0.717, 1.165) is 16.3 Å². The summed E-state index contributed by atoms with van der Waals surface area (Å²) in [6, 6.07) is 25.9. The molecule has 0 aliphatic rings. The number of thioether (sulfide) groups is 1. The molecule has 0 atom stereocenters. The Morgan fingerprint density at radius 3 is 2.14 bits per heavy atom. The Morgan fingerprint density at radius 2 is 1.52 bits per heavy atom. The molecule has 0 saturated heterocycles. The molecule has 0 unspecified atom stereocenters. The first-order valence-electron chi connectivity index (χ1n) is 9.53. The van der Waals surface area contributed by atoms with E-state index in [1.165, 1.54) is 5.56 Å². The molecule has 148 valence electrons. The molecule has 0 amide bonds. The van der Waals surface area contributed by atoms with Crippen molar-refractivity contribution in [1.29, 1.82) is 0 Å². The summed E-state index contributed by atoms with van der Waals surface area (Å²) in [5.41, 5.74) is 2.14. The van der Waals surface area contributed by atoms with Crippen LogP contribution >= 0.6 is 11.8 Å². The number of hydrogen-bond acceptors (Lipinski definition) is 4. The van der Waals surface area contributed by atoms with Crippen LogP contribution in [0.15, 0.2) is 100 Å². The highest BCUT2D eigenvalue weighted by molar-refractivity contribution is 8.02. The van der Waals surface area contributed by atoms with Crippen LogP contribution in [0.25, 0.3) is 0 Å². The number of hydrogen-bond donors (Lipinski definition) is 0. The van der Waals surface area contributed by atoms with Gasteiger partial charge < -0.3 is 9.47 Å². The Labute approximate surface area is 177 Å². The fraction of sp³-hybridized carbons (Fsp3) is 0.160. The molecule has 0 radical (unpaired) electrons. The molecule has 0 aromatic heterocycles. The van der Waals surface area contributed by atoms with Gasteiger partial charge in [-0.1, -0.05) is 55.9 Å². The summed E-state index contributed by atoms with van der Waals surface area (Å²) in [6.45, 7) is 4.36. The second-order valence-electron chi connectivity index (χ2n) is 6.71. The number of benzene rings is 3. The topological polar surface area (TPSA) is 30.8 Å². The number of nitrogens with zero attached hydrogens (tertiary/aromatic N) is 1. The summed E-state index contributed by atoms with van der Waals surface area (Å²) in [4.78, 5) is 5.85. The first-order chi connectivity index (χ1) is 14.1. The average molecular weight is 404 g/mol. The van der Waals surface area contributed by atoms with E-state index in [2.05, 4.69) is 38.1 Å². The highest BCUT2D eigenvalue weighted by atomic mass is 32.2. The Morgan fingerprint density at radius 1 is 0.862 bits per heavy atom. The summed E-state index contributed by atoms with van der Waals surface area (Å²) >= 11 is 1.62. The van der Waals surface area contributed by atoms with E-state index in [1.54, 1.807) is 18.9 Å². The van der Waals surface area contributed by atoms with Crippen LogP contribution in [-0.4, -0.2) is 13.0 Å². The van der Waals surface area contributed by atoms with E-state index in [4.69, 9.17) is 14.5 Å². The van der Waals surface area contributed by atoms with Gasteiger partial charge in [-0.25, -0.2) is 4.99 Å². The van der Waals surface area contributed by atoms with Crippen molar-refractivity contribution in [2.45, 2.75) is 24.7 Å². The third-order valence-corrected chi connectivity index (χ3v) is 5.06. The zero-order valence-corrected chi connectivity index (χ0v) is 17.7. The van der Waals surface area contributed by atoms with Crippen molar-refractivity contribution < 1.29 is 9.47 Å². The van der Waals surface area contributed by atoms with Crippen molar-refractivity contribution in [2.24, 2.45) is 4.99 Å². The number of ether oxygens (including phenoxy) is 2. The van der Waals surface area contributed by atoms with Gasteiger partial charge in [0, 0.05) is 11.0 Å². The lowest BCUT2D eigenvalue weighted by molar-refractivity contribution is 0.414. The van der Waals surface area contributed by atoms with E-state index in [1.807, 2.05) is 66.1 Å². The van der Waals surface area contributed by atoms with Gasteiger partial charge in [-0.05, 0) is 65.4 Å². The summed E-state index contributed by atoms with van der Waals surface area (Å²) in [7, 11) is 1.65. The first-order valence-corrected chi connectivity index (χ1v) is 10.4. The third kappa shape index (κ3) is 6.54. The molecule has 3 nitrogen and oxygen atoms in total. The molecular formula is C25H25NO2S. The standard InChI is InChI=1S/C25H25NO2S/c1-19(2)20-9-11-21(12-10-20)26-25(17-18-29-24-7-5-4-6-8-24)28-23-15-13-22(27-3)14-16-23/h4-19H,1-3H3. The van der Waals surface area contributed by atoms with Crippen molar-refractivity contribution in [2.75, 3.05) is 7.11 Å². The molecular weight excluding hydrogens is 378 g/mol. The Hall–Kier alpha value is -2.98. The minimum absolute atomic E-state index is 0.491. The highest BCUT2D eigenvalue weighted by Gasteiger charge is 2.03. The minimum atomic E-state index is 0.491. The maximum absolute atomic E-state index is 6.03. The monoisotopic (exact) mass is 403 g/mol. The van der Waals surface area contributed by atoms with E-state index < -0.39 is 0 Å². The van der Waals surface area contributed by atoms with Gasteiger partial charge in [0.05, 0.1) is 12.8 Å². The van der Waals surface area contributed by atoms with Gasteiger partial charge in [0.1, 0.15) is 11.5 Å². The average Bonchev–Trinajstić information content (AvgIpc) is 2.75. The van der Waals surface area contributed by atoms with E-state index >= 15 is 0 Å². The SMILES string of the molecule is COc1ccc(OC(C=CSc2ccccc2)=Nc2ccc(C(C)C)cc2)cc1. The van der Waals surface area contributed by atoms with Crippen LogP contribution in [0.4, 0.5) is 5.69 Å². The quantitative estimate of drug-likeness (QED) is 0.237. The summed E-state index contributed by atoms with van der Waals surface area (Å²) in [6.07, 6.45) is 1.89. The van der Waals surface area contributed by atoms with Gasteiger partial charge in [0.2, 0.25) is 5.90 Å². The smallest absolute Gasteiger partial charge is 0.220 e. The van der Waals surface area contributed by atoms with Crippen LogP contribution in [0.1, 0.15) is 25.3 Å². The summed E-state index contributed by atoms with van der Waals surface area (Å²) in [5.74, 6) is 2.51. The van der Waals surface area contributed by atoms with E-state index in [9.17, 15) is 0 Å². The van der Waals surface area contributed by atoms with Crippen LogP contribution in [0.3, 0.4) is 0 Å². The van der Waals surface area contributed by atoms with Gasteiger partial charge in [0.25, 0.3) is 0 Å². The maximum Gasteiger partial charge on any atom is 0.220 e. The molecule has 0 aliphatic heterocycles. The third-order valence-electron chi connectivity index (χ3n) is 4.24. The second kappa shape index (κ2) is 10.5. The number of rotatable bonds is 7. The first kappa shape index (κ1) is 20.7. The molecule has 0 spiro atoms. The molecule has 0 saturated carbocycles. The van der Waals surface area contributed by atoms with Crippen molar-refractivity contribution in [3.8, 4) is 11.5 Å². The van der Waals surface area contributed by atoms with E-state index in [-0.39, 0.29) is 0 Å². The predicted molar refractivity (Wildman–Crippen MR) is 123 cm³/mol. The molecule has 0 fully saturated rings. The van der Waals surface area contributed by atoms with E-state index in [0.29, 0.717) is 17.6 Å². The molecule has 0 heterocycles. The lowest BCUT2D eigenvalue weighted by atomic mass is 10.0. The number of aliphatic imine (C=N–C) groups is 1. The van der Waals surface area contributed by atoms with Gasteiger partial charge in [-0.2, -0.15) is 0 Å². The van der Waals surface area contributed by atoms with Crippen LogP contribution in [0.2, 0.25) is 0 Å². The highest BCUT2D eigenvalue weighted by Crippen LogP contribution is 2.23. The molecule has 0 aliphatic carbocycles. The lowest BCUT2D eigenvalue weighted by Crippen LogP contribution is -2.04. The summed E-state index contributed by atoms with van der Waals surface area (Å²) in [5, 5.41) is 1.99. The van der Waals surface area contributed by atoms with Crippen LogP contribution in [-0.2, 0) is 0 Å². The Balaban J connectivity index is 1.80. The van der Waals surface area contributed by atoms with Crippen molar-refractivity contribution in [3.05, 3.63) is 95.9 Å². The zero-order chi connectivity index (χ0) is 20.5. The van der Waals surface area contributed by atoms with Gasteiger partial charge in [-0.3, -0.25) is 0 Å². The molecule has 0 bridgehead atoms. The van der Waals surface area contributed by atoms with Crippen molar-refractivity contribution in [3.63, 3.8) is 0 Å². The maximum atomic E-state index is 6.03. The van der Waals surface area contributed by atoms with Crippen LogP contribution in [0, 0.1) is 0 Å². The minimum Gasteiger partial charge on any atom is -0.497 e. The number of methoxy groups -OCH3 is 1. The molecule has 3 aromatic rings. The zero-order valence-electron chi connectivity index (χ0n) is 16.9. The molecule has 3 aromatic carbocycles. The van der Waals surface area contributed by atoms with Crippen molar-refractivity contribution >= 4 is 23.3 Å². The largest absolute Gasteiger partial charge is 0.497 e. The van der Waals surface area contributed by atoms with Gasteiger partial charge >= 0.3 is 0 Å². The predicted octanol–water partition coefficient (Wildman–Crippen LogP) is 7.23. The second-order valence-corrected chi connectivity index (χ2v) is 7.69. The van der Waals surface area contributed by atoms with Gasteiger partial charge in [0.15, 0.2) is 0 Å². The molecule has 0 N–H and O–H groups in total. The molecule has 3 rings (SSSR count). The Bertz CT molecular complexity index is 946. The van der Waals surface area contributed by atoms with Crippen molar-refractivity contribution in [1.82, 2.24) is 0 Å². The molecule has 4 heteroatoms. The Kier molecular flexibility index (Phi) is 7.54. The molecule has 29 heavy (non-hydrogen) atoms. The fourth-order valence-corrected chi connectivity index (χ4v) is 3.25.